The van der Waals surface area contributed by atoms with Gasteiger partial charge in [-0.05, 0) is 55.2 Å². The SMILES string of the molecule is CCNC(=O)N1CCc2cc(OC)c(OC)cc2[C@@H]1CNC(=O)c1ccccc1C. The summed E-state index contributed by atoms with van der Waals surface area (Å²) in [7, 11) is 3.19. The topological polar surface area (TPSA) is 79.9 Å². The quantitative estimate of drug-likeness (QED) is 0.766. The molecule has 0 fully saturated rings. The highest BCUT2D eigenvalue weighted by Crippen LogP contribution is 2.38. The zero-order valence-electron chi connectivity index (χ0n) is 18.0. The molecule has 30 heavy (non-hydrogen) atoms. The monoisotopic (exact) mass is 411 g/mol. The molecule has 0 unspecified atom stereocenters. The second-order valence-electron chi connectivity index (χ2n) is 7.23. The summed E-state index contributed by atoms with van der Waals surface area (Å²) in [4.78, 5) is 27.3. The van der Waals surface area contributed by atoms with Gasteiger partial charge in [0.15, 0.2) is 11.5 Å². The Bertz CT molecular complexity index is 929. The van der Waals surface area contributed by atoms with Gasteiger partial charge < -0.3 is 25.0 Å². The molecule has 7 nitrogen and oxygen atoms in total. The second-order valence-corrected chi connectivity index (χ2v) is 7.23. The van der Waals surface area contributed by atoms with Crippen molar-refractivity contribution in [1.29, 1.82) is 0 Å². The van der Waals surface area contributed by atoms with E-state index in [1.165, 1.54) is 0 Å². The summed E-state index contributed by atoms with van der Waals surface area (Å²) in [6.45, 7) is 5.18. The summed E-state index contributed by atoms with van der Waals surface area (Å²) >= 11 is 0. The van der Waals surface area contributed by atoms with Crippen molar-refractivity contribution < 1.29 is 19.1 Å². The second kappa shape index (κ2) is 9.52. The van der Waals surface area contributed by atoms with E-state index in [-0.39, 0.29) is 18.0 Å². The highest BCUT2D eigenvalue weighted by molar-refractivity contribution is 5.95. The maximum Gasteiger partial charge on any atom is 0.317 e. The van der Waals surface area contributed by atoms with E-state index in [0.717, 1.165) is 16.7 Å². The molecule has 2 aromatic rings. The summed E-state index contributed by atoms with van der Waals surface area (Å²) < 4.78 is 10.9. The van der Waals surface area contributed by atoms with Crippen LogP contribution in [-0.2, 0) is 6.42 Å². The molecule has 0 aliphatic carbocycles. The molecule has 2 aromatic carbocycles. The normalized spacial score (nSPS) is 15.2. The molecular formula is C23H29N3O4. The number of methoxy groups -OCH3 is 2. The van der Waals surface area contributed by atoms with E-state index in [9.17, 15) is 9.59 Å². The number of aryl methyl sites for hydroxylation is 1. The summed E-state index contributed by atoms with van der Waals surface area (Å²) in [5, 5.41) is 5.88. The molecule has 1 heterocycles. The Morgan fingerprint density at radius 3 is 2.47 bits per heavy atom. The van der Waals surface area contributed by atoms with E-state index in [2.05, 4.69) is 10.6 Å². The molecule has 0 aromatic heterocycles. The number of ether oxygens (including phenoxy) is 2. The predicted octanol–water partition coefficient (Wildman–Crippen LogP) is 3.07. The molecule has 3 rings (SSSR count). The molecule has 0 spiro atoms. The van der Waals surface area contributed by atoms with Crippen molar-refractivity contribution in [3.63, 3.8) is 0 Å². The third-order valence-electron chi connectivity index (χ3n) is 5.44. The summed E-state index contributed by atoms with van der Waals surface area (Å²) in [5.41, 5.74) is 3.58. The average molecular weight is 412 g/mol. The fourth-order valence-electron chi connectivity index (χ4n) is 3.86. The van der Waals surface area contributed by atoms with Crippen LogP contribution in [0.2, 0.25) is 0 Å². The van der Waals surface area contributed by atoms with Gasteiger partial charge in [0.05, 0.1) is 20.3 Å². The first-order valence-corrected chi connectivity index (χ1v) is 10.1. The number of nitrogens with one attached hydrogen (secondary N) is 2. The summed E-state index contributed by atoms with van der Waals surface area (Å²) in [6, 6.07) is 10.9. The third kappa shape index (κ3) is 4.35. The van der Waals surface area contributed by atoms with Crippen LogP contribution in [-0.4, -0.2) is 50.7 Å². The van der Waals surface area contributed by atoms with E-state index in [0.29, 0.717) is 43.1 Å². The first-order valence-electron chi connectivity index (χ1n) is 10.1. The zero-order valence-corrected chi connectivity index (χ0v) is 18.0. The molecule has 0 radical (unpaired) electrons. The van der Waals surface area contributed by atoms with E-state index in [1.54, 1.807) is 25.2 Å². The van der Waals surface area contributed by atoms with Gasteiger partial charge >= 0.3 is 6.03 Å². The lowest BCUT2D eigenvalue weighted by Gasteiger charge is -2.37. The fraction of sp³-hybridized carbons (Fsp3) is 0.391. The molecule has 1 aliphatic heterocycles. The zero-order chi connectivity index (χ0) is 21.7. The number of amides is 3. The van der Waals surface area contributed by atoms with Crippen LogP contribution in [0, 0.1) is 6.92 Å². The molecule has 0 bridgehead atoms. The van der Waals surface area contributed by atoms with Crippen molar-refractivity contribution in [3.8, 4) is 11.5 Å². The Morgan fingerprint density at radius 2 is 1.80 bits per heavy atom. The van der Waals surface area contributed by atoms with Crippen molar-refractivity contribution in [3.05, 3.63) is 58.7 Å². The number of carbonyl (C=O) groups is 2. The number of hydrogen-bond acceptors (Lipinski definition) is 4. The average Bonchev–Trinajstić information content (AvgIpc) is 2.76. The molecule has 3 amide bonds. The van der Waals surface area contributed by atoms with Gasteiger partial charge in [0, 0.05) is 25.2 Å². The Balaban J connectivity index is 1.91. The first kappa shape index (κ1) is 21.5. The lowest BCUT2D eigenvalue weighted by Crippen LogP contribution is -2.49. The van der Waals surface area contributed by atoms with Gasteiger partial charge in [-0.25, -0.2) is 4.79 Å². The van der Waals surface area contributed by atoms with Crippen LogP contribution in [0.15, 0.2) is 36.4 Å². The molecule has 0 saturated carbocycles. The number of hydrogen-bond donors (Lipinski definition) is 2. The Hall–Kier alpha value is -3.22. The van der Waals surface area contributed by atoms with Gasteiger partial charge in [-0.15, -0.1) is 0 Å². The first-order chi connectivity index (χ1) is 14.5. The van der Waals surface area contributed by atoms with Crippen LogP contribution >= 0.6 is 0 Å². The Kier molecular flexibility index (Phi) is 6.82. The van der Waals surface area contributed by atoms with Crippen molar-refractivity contribution in [2.45, 2.75) is 26.3 Å². The lowest BCUT2D eigenvalue weighted by molar-refractivity contribution is 0.0933. The maximum atomic E-state index is 12.8. The van der Waals surface area contributed by atoms with Gasteiger partial charge in [-0.3, -0.25) is 4.79 Å². The van der Waals surface area contributed by atoms with Crippen molar-refractivity contribution in [2.24, 2.45) is 0 Å². The number of carbonyl (C=O) groups excluding carboxylic acids is 2. The highest BCUT2D eigenvalue weighted by atomic mass is 16.5. The van der Waals surface area contributed by atoms with Gasteiger partial charge in [0.2, 0.25) is 0 Å². The van der Waals surface area contributed by atoms with Gasteiger partial charge in [0.1, 0.15) is 0 Å². The van der Waals surface area contributed by atoms with Crippen molar-refractivity contribution in [2.75, 3.05) is 33.9 Å². The van der Waals surface area contributed by atoms with Crippen LogP contribution in [0.25, 0.3) is 0 Å². The third-order valence-corrected chi connectivity index (χ3v) is 5.44. The van der Waals surface area contributed by atoms with Crippen LogP contribution in [0.5, 0.6) is 11.5 Å². The molecule has 2 N–H and O–H groups in total. The van der Waals surface area contributed by atoms with Crippen LogP contribution < -0.4 is 20.1 Å². The number of nitrogens with zero attached hydrogens (tertiary/aromatic N) is 1. The predicted molar refractivity (Wildman–Crippen MR) is 115 cm³/mol. The van der Waals surface area contributed by atoms with Crippen LogP contribution in [0.3, 0.4) is 0 Å². The molecule has 1 aliphatic rings. The number of fused-ring (bicyclic) bond motifs is 1. The fourth-order valence-corrected chi connectivity index (χ4v) is 3.86. The van der Waals surface area contributed by atoms with Crippen molar-refractivity contribution >= 4 is 11.9 Å². The molecule has 160 valence electrons. The molecular weight excluding hydrogens is 382 g/mol. The minimum Gasteiger partial charge on any atom is -0.493 e. The smallest absolute Gasteiger partial charge is 0.317 e. The van der Waals surface area contributed by atoms with E-state index < -0.39 is 0 Å². The van der Waals surface area contributed by atoms with Gasteiger partial charge in [0.25, 0.3) is 5.91 Å². The molecule has 7 heteroatoms. The van der Waals surface area contributed by atoms with Crippen LogP contribution in [0.4, 0.5) is 4.79 Å². The highest BCUT2D eigenvalue weighted by Gasteiger charge is 2.32. The summed E-state index contributed by atoms with van der Waals surface area (Å²) in [5.74, 6) is 1.10. The van der Waals surface area contributed by atoms with E-state index in [4.69, 9.17) is 9.47 Å². The van der Waals surface area contributed by atoms with Crippen molar-refractivity contribution in [1.82, 2.24) is 15.5 Å². The standard InChI is InChI=1S/C23H29N3O4/c1-5-24-23(28)26-11-10-16-12-20(29-3)21(30-4)13-18(16)19(26)14-25-22(27)17-9-7-6-8-15(17)2/h6-9,12-13,19H,5,10-11,14H2,1-4H3,(H,24,28)(H,25,27)/t19-/m0/s1. The largest absolute Gasteiger partial charge is 0.493 e. The number of benzene rings is 2. The maximum absolute atomic E-state index is 12.8. The van der Waals surface area contributed by atoms with E-state index >= 15 is 0 Å². The molecule has 1 atom stereocenters. The minimum atomic E-state index is -0.312. The molecule has 0 saturated heterocycles. The van der Waals surface area contributed by atoms with Gasteiger partial charge in [-0.1, -0.05) is 18.2 Å². The summed E-state index contributed by atoms with van der Waals surface area (Å²) in [6.07, 6.45) is 0.703. The van der Waals surface area contributed by atoms with E-state index in [1.807, 2.05) is 44.2 Å². The number of rotatable bonds is 6. The number of urea groups is 1. The Morgan fingerprint density at radius 1 is 1.10 bits per heavy atom. The lowest BCUT2D eigenvalue weighted by atomic mass is 9.91. The Labute approximate surface area is 177 Å². The minimum absolute atomic E-state index is 0.145. The van der Waals surface area contributed by atoms with Crippen LogP contribution in [0.1, 0.15) is 40.0 Å². The van der Waals surface area contributed by atoms with Gasteiger partial charge in [-0.2, -0.15) is 0 Å².